The average Bonchev–Trinajstić information content (AvgIpc) is 3.13. The molecule has 0 saturated carbocycles. The average molecular weight is 335 g/mol. The predicted molar refractivity (Wildman–Crippen MR) is 84.9 cm³/mol. The third kappa shape index (κ3) is 3.29. The summed E-state index contributed by atoms with van der Waals surface area (Å²) in [4.78, 5) is 28.2. The zero-order valence-corrected chi connectivity index (χ0v) is 12.8. The van der Waals surface area contributed by atoms with Gasteiger partial charge in [-0.3, -0.25) is 9.59 Å². The summed E-state index contributed by atoms with van der Waals surface area (Å²) in [6.45, 7) is -0.152. The molecule has 2 aromatic heterocycles. The van der Waals surface area contributed by atoms with E-state index in [9.17, 15) is 14.0 Å². The van der Waals surface area contributed by atoms with Crippen molar-refractivity contribution in [2.24, 2.45) is 0 Å². The van der Waals surface area contributed by atoms with E-state index in [1.807, 2.05) is 0 Å². The number of fused-ring (bicyclic) bond motifs is 1. The van der Waals surface area contributed by atoms with Crippen LogP contribution in [0.2, 0.25) is 0 Å². The third-order valence-corrected chi connectivity index (χ3v) is 4.55. The summed E-state index contributed by atoms with van der Waals surface area (Å²) in [5, 5.41) is 7.27. The van der Waals surface area contributed by atoms with E-state index in [0.717, 1.165) is 0 Å². The molecule has 1 aromatic carbocycles. The van der Waals surface area contributed by atoms with E-state index in [-0.39, 0.29) is 24.2 Å². The molecule has 2 heterocycles. The van der Waals surface area contributed by atoms with Gasteiger partial charge in [0, 0.05) is 0 Å². The van der Waals surface area contributed by atoms with Crippen molar-refractivity contribution in [2.45, 2.75) is 0 Å². The second-order valence-corrected chi connectivity index (χ2v) is 6.32. The number of amides is 2. The molecule has 8 heteroatoms. The lowest BCUT2D eigenvalue weighted by Crippen LogP contribution is -2.32. The second-order valence-electron chi connectivity index (χ2n) is 4.34. The fourth-order valence-electron chi connectivity index (χ4n) is 1.77. The zero-order chi connectivity index (χ0) is 15.5. The van der Waals surface area contributed by atoms with Crippen molar-refractivity contribution >= 4 is 49.8 Å². The molecular weight excluding hydrogens is 325 g/mol. The number of carbonyl (C=O) groups is 2. The van der Waals surface area contributed by atoms with E-state index in [1.54, 1.807) is 23.6 Å². The minimum Gasteiger partial charge on any atom is -0.342 e. The normalized spacial score (nSPS) is 10.6. The van der Waals surface area contributed by atoms with Crippen molar-refractivity contribution in [1.82, 2.24) is 10.3 Å². The van der Waals surface area contributed by atoms with Crippen LogP contribution < -0.4 is 10.6 Å². The lowest BCUT2D eigenvalue weighted by atomic mass is 10.3. The van der Waals surface area contributed by atoms with Gasteiger partial charge in [0.2, 0.25) is 5.91 Å². The number of halogens is 1. The summed E-state index contributed by atoms with van der Waals surface area (Å²) < 4.78 is 13.7. The molecule has 0 aliphatic heterocycles. The van der Waals surface area contributed by atoms with Crippen LogP contribution in [0.3, 0.4) is 0 Å². The summed E-state index contributed by atoms with van der Waals surface area (Å²) in [5.74, 6) is -1.03. The Morgan fingerprint density at radius 3 is 2.91 bits per heavy atom. The maximum Gasteiger partial charge on any atom is 0.261 e. The van der Waals surface area contributed by atoms with Gasteiger partial charge in [-0.2, -0.15) is 0 Å². The lowest BCUT2D eigenvalue weighted by Gasteiger charge is -2.03. The highest BCUT2D eigenvalue weighted by atomic mass is 32.1. The number of nitrogens with one attached hydrogen (secondary N) is 2. The molecule has 3 rings (SSSR count). The van der Waals surface area contributed by atoms with Crippen molar-refractivity contribution < 1.29 is 14.0 Å². The monoisotopic (exact) mass is 335 g/mol. The first kappa shape index (κ1) is 14.6. The topological polar surface area (TPSA) is 71.1 Å². The van der Waals surface area contributed by atoms with Crippen molar-refractivity contribution in [1.29, 1.82) is 0 Å². The number of hydrogen-bond donors (Lipinski definition) is 2. The number of hydrogen-bond acceptors (Lipinski definition) is 5. The van der Waals surface area contributed by atoms with E-state index >= 15 is 0 Å². The lowest BCUT2D eigenvalue weighted by molar-refractivity contribution is -0.115. The quantitative estimate of drug-likeness (QED) is 0.770. The summed E-state index contributed by atoms with van der Waals surface area (Å²) in [6, 6.07) is 7.67. The van der Waals surface area contributed by atoms with Crippen LogP contribution in [-0.4, -0.2) is 23.3 Å². The maximum absolute atomic E-state index is 13.1. The molecule has 0 radical (unpaired) electrons. The van der Waals surface area contributed by atoms with Gasteiger partial charge in [0.1, 0.15) is 5.82 Å². The molecule has 0 saturated heterocycles. The molecule has 22 heavy (non-hydrogen) atoms. The maximum atomic E-state index is 13.1. The van der Waals surface area contributed by atoms with E-state index in [4.69, 9.17) is 0 Å². The molecule has 0 spiro atoms. The molecule has 0 aliphatic rings. The zero-order valence-electron chi connectivity index (χ0n) is 11.1. The molecule has 112 valence electrons. The molecule has 0 fully saturated rings. The van der Waals surface area contributed by atoms with E-state index in [1.165, 1.54) is 34.8 Å². The number of nitrogens with zero attached hydrogens (tertiary/aromatic N) is 1. The van der Waals surface area contributed by atoms with E-state index in [2.05, 4.69) is 15.6 Å². The number of aromatic nitrogens is 1. The first-order chi connectivity index (χ1) is 10.6. The highest BCUT2D eigenvalue weighted by Crippen LogP contribution is 2.26. The van der Waals surface area contributed by atoms with Crippen LogP contribution in [-0.2, 0) is 4.79 Å². The van der Waals surface area contributed by atoms with Crippen molar-refractivity contribution in [3.63, 3.8) is 0 Å². The Balaban J connectivity index is 1.59. The first-order valence-electron chi connectivity index (χ1n) is 6.29. The standard InChI is InChI=1S/C14H10FN3O2S2/c15-8-3-4-9-11(6-8)22-14(17-9)18-12(19)7-16-13(20)10-2-1-5-21-10/h1-6H,7H2,(H,16,20)(H,17,18,19). The van der Waals surface area contributed by atoms with E-state index < -0.39 is 0 Å². The molecule has 0 bridgehead atoms. The Bertz CT molecular complexity index is 830. The Kier molecular flexibility index (Phi) is 4.12. The summed E-state index contributed by atoms with van der Waals surface area (Å²) in [6.07, 6.45) is 0. The number of rotatable bonds is 4. The van der Waals surface area contributed by atoms with Crippen LogP contribution in [0.4, 0.5) is 9.52 Å². The van der Waals surface area contributed by atoms with Gasteiger partial charge in [0.05, 0.1) is 21.6 Å². The van der Waals surface area contributed by atoms with Gasteiger partial charge in [-0.25, -0.2) is 9.37 Å². The number of thiophene rings is 1. The fraction of sp³-hybridized carbons (Fsp3) is 0.0714. The van der Waals surface area contributed by atoms with Gasteiger partial charge in [-0.1, -0.05) is 17.4 Å². The summed E-state index contributed by atoms with van der Waals surface area (Å²) in [7, 11) is 0. The van der Waals surface area contributed by atoms with Gasteiger partial charge in [-0.15, -0.1) is 11.3 Å². The van der Waals surface area contributed by atoms with E-state index in [0.29, 0.717) is 20.2 Å². The molecule has 0 aliphatic carbocycles. The molecular formula is C14H10FN3O2S2. The number of thiazole rings is 1. The van der Waals surface area contributed by atoms with Crippen molar-refractivity contribution in [3.8, 4) is 0 Å². The van der Waals surface area contributed by atoms with Gasteiger partial charge in [0.25, 0.3) is 5.91 Å². The van der Waals surface area contributed by atoms with Crippen LogP contribution in [0.15, 0.2) is 35.7 Å². The Morgan fingerprint density at radius 2 is 2.14 bits per heavy atom. The van der Waals surface area contributed by atoms with Gasteiger partial charge < -0.3 is 10.6 Å². The molecule has 2 amide bonds. The largest absolute Gasteiger partial charge is 0.342 e. The van der Waals surface area contributed by atoms with Crippen LogP contribution >= 0.6 is 22.7 Å². The van der Waals surface area contributed by atoms with Gasteiger partial charge >= 0.3 is 0 Å². The van der Waals surface area contributed by atoms with Crippen molar-refractivity contribution in [3.05, 3.63) is 46.4 Å². The number of benzene rings is 1. The van der Waals surface area contributed by atoms with Crippen LogP contribution in [0.25, 0.3) is 10.2 Å². The Hall–Kier alpha value is -2.32. The SMILES string of the molecule is O=C(CNC(=O)c1cccs1)Nc1nc2ccc(F)cc2s1. The van der Waals surface area contributed by atoms with Crippen LogP contribution in [0.5, 0.6) is 0 Å². The first-order valence-corrected chi connectivity index (χ1v) is 7.99. The van der Waals surface area contributed by atoms with Gasteiger partial charge in [-0.05, 0) is 29.6 Å². The highest BCUT2D eigenvalue weighted by molar-refractivity contribution is 7.22. The van der Waals surface area contributed by atoms with Crippen LogP contribution in [0.1, 0.15) is 9.67 Å². The van der Waals surface area contributed by atoms with Crippen LogP contribution in [0, 0.1) is 5.82 Å². The molecule has 0 unspecified atom stereocenters. The van der Waals surface area contributed by atoms with Crippen molar-refractivity contribution in [2.75, 3.05) is 11.9 Å². The Morgan fingerprint density at radius 1 is 1.27 bits per heavy atom. The summed E-state index contributed by atoms with van der Waals surface area (Å²) >= 11 is 2.48. The summed E-state index contributed by atoms with van der Waals surface area (Å²) in [5.41, 5.74) is 0.615. The smallest absolute Gasteiger partial charge is 0.261 e. The second kappa shape index (κ2) is 6.20. The minimum absolute atomic E-state index is 0.152. The van der Waals surface area contributed by atoms with Gasteiger partial charge in [0.15, 0.2) is 5.13 Å². The molecule has 2 N–H and O–H groups in total. The fourth-order valence-corrected chi connectivity index (χ4v) is 3.32. The molecule has 5 nitrogen and oxygen atoms in total. The number of anilines is 1. The molecule has 0 atom stereocenters. The Labute approximate surface area is 132 Å². The highest BCUT2D eigenvalue weighted by Gasteiger charge is 2.11. The minimum atomic E-state index is -0.385. The third-order valence-electron chi connectivity index (χ3n) is 2.75. The number of carbonyl (C=O) groups excluding carboxylic acids is 2. The molecule has 3 aromatic rings. The predicted octanol–water partition coefficient (Wildman–Crippen LogP) is 2.87.